The maximum absolute atomic E-state index is 13.0. The van der Waals surface area contributed by atoms with Crippen molar-refractivity contribution < 1.29 is 9.53 Å². The summed E-state index contributed by atoms with van der Waals surface area (Å²) in [6.45, 7) is 6.53. The number of ether oxygens (including phenoxy) is 1. The number of hydrogen-bond acceptors (Lipinski definition) is 5. The van der Waals surface area contributed by atoms with E-state index in [4.69, 9.17) is 9.72 Å². The summed E-state index contributed by atoms with van der Waals surface area (Å²) in [6.07, 6.45) is 2.85. The van der Waals surface area contributed by atoms with Crippen LogP contribution in [0, 0.1) is 0 Å². The molecule has 2 aliphatic rings. The molecule has 0 saturated carbocycles. The lowest BCUT2D eigenvalue weighted by Crippen LogP contribution is -2.40. The van der Waals surface area contributed by atoms with E-state index in [0.717, 1.165) is 48.4 Å². The molecular weight excluding hydrogens is 380 g/mol. The summed E-state index contributed by atoms with van der Waals surface area (Å²) in [5.74, 6) is 1.48. The molecule has 3 heterocycles. The van der Waals surface area contributed by atoms with Gasteiger partial charge in [0.05, 0.1) is 30.8 Å². The van der Waals surface area contributed by atoms with E-state index in [2.05, 4.69) is 23.7 Å². The molecule has 1 amide bonds. The second kappa shape index (κ2) is 8.60. The number of fused-ring (bicyclic) bond motifs is 1. The number of carbonyl (C=O) groups excluding carboxylic acids is 1. The van der Waals surface area contributed by atoms with Crippen molar-refractivity contribution in [3.05, 3.63) is 57.3 Å². The molecular formula is C23H30N4O3. The minimum atomic E-state index is -0.156. The Morgan fingerprint density at radius 1 is 1.27 bits per heavy atom. The van der Waals surface area contributed by atoms with Gasteiger partial charge in [0.25, 0.3) is 5.56 Å². The second-order valence-electron chi connectivity index (χ2n) is 8.46. The Bertz CT molecular complexity index is 967. The van der Waals surface area contributed by atoms with Crippen LogP contribution in [0.15, 0.2) is 29.1 Å². The summed E-state index contributed by atoms with van der Waals surface area (Å²) >= 11 is 0. The Balaban J connectivity index is 1.52. The number of methoxy groups -OCH3 is 1. The van der Waals surface area contributed by atoms with Crippen LogP contribution < -0.4 is 10.3 Å². The normalized spacial score (nSPS) is 19.2. The summed E-state index contributed by atoms with van der Waals surface area (Å²) in [7, 11) is 1.63. The van der Waals surface area contributed by atoms with E-state index >= 15 is 0 Å². The van der Waals surface area contributed by atoms with E-state index in [1.165, 1.54) is 0 Å². The van der Waals surface area contributed by atoms with Crippen LogP contribution in [0.1, 0.15) is 55.4 Å². The molecule has 1 aromatic carbocycles. The van der Waals surface area contributed by atoms with Gasteiger partial charge in [-0.25, -0.2) is 4.98 Å². The van der Waals surface area contributed by atoms with Crippen molar-refractivity contribution in [1.82, 2.24) is 19.8 Å². The van der Waals surface area contributed by atoms with E-state index in [1.807, 2.05) is 29.2 Å². The fourth-order valence-electron chi connectivity index (χ4n) is 4.43. The largest absolute Gasteiger partial charge is 0.497 e. The van der Waals surface area contributed by atoms with Gasteiger partial charge in [0, 0.05) is 32.1 Å². The average Bonchev–Trinajstić information content (AvgIpc) is 3.24. The molecule has 2 aliphatic heterocycles. The molecule has 1 atom stereocenters. The first-order chi connectivity index (χ1) is 14.5. The number of nitrogens with zero attached hydrogens (tertiary/aromatic N) is 3. The summed E-state index contributed by atoms with van der Waals surface area (Å²) in [5.41, 5.74) is 2.55. The first-order valence-corrected chi connectivity index (χ1v) is 10.7. The van der Waals surface area contributed by atoms with Crippen LogP contribution in [0.5, 0.6) is 5.75 Å². The lowest BCUT2D eigenvalue weighted by atomic mass is 10.0. The van der Waals surface area contributed by atoms with E-state index in [0.29, 0.717) is 31.4 Å². The fourth-order valence-corrected chi connectivity index (χ4v) is 4.43. The molecule has 2 aromatic rings. The second-order valence-corrected chi connectivity index (χ2v) is 8.46. The Labute approximate surface area is 177 Å². The summed E-state index contributed by atoms with van der Waals surface area (Å²) in [6, 6.07) is 7.82. The van der Waals surface area contributed by atoms with Gasteiger partial charge in [0.15, 0.2) is 0 Å². The van der Waals surface area contributed by atoms with Crippen LogP contribution in [0.4, 0.5) is 0 Å². The van der Waals surface area contributed by atoms with Crippen molar-refractivity contribution in [2.24, 2.45) is 0 Å². The maximum Gasteiger partial charge on any atom is 0.255 e. The smallest absolute Gasteiger partial charge is 0.255 e. The molecule has 7 heteroatoms. The van der Waals surface area contributed by atoms with Gasteiger partial charge < -0.3 is 14.6 Å². The van der Waals surface area contributed by atoms with E-state index in [-0.39, 0.29) is 17.5 Å². The lowest BCUT2D eigenvalue weighted by Gasteiger charge is -2.31. The highest BCUT2D eigenvalue weighted by molar-refractivity contribution is 5.79. The fraction of sp³-hybridized carbons (Fsp3) is 0.522. The van der Waals surface area contributed by atoms with Gasteiger partial charge in [-0.15, -0.1) is 0 Å². The highest BCUT2D eigenvalue weighted by atomic mass is 16.5. The summed E-state index contributed by atoms with van der Waals surface area (Å²) < 4.78 is 5.18. The zero-order valence-electron chi connectivity index (χ0n) is 18.0. The number of benzene rings is 1. The third-order valence-electron chi connectivity index (χ3n) is 6.25. The molecule has 1 N–H and O–H groups in total. The molecule has 1 aromatic heterocycles. The van der Waals surface area contributed by atoms with Crippen LogP contribution >= 0.6 is 0 Å². The molecule has 1 unspecified atom stereocenters. The first-order valence-electron chi connectivity index (χ1n) is 10.7. The molecule has 0 aliphatic carbocycles. The number of H-pyrrole nitrogens is 1. The van der Waals surface area contributed by atoms with Crippen molar-refractivity contribution in [1.29, 1.82) is 0 Å². The molecule has 1 fully saturated rings. The molecule has 1 saturated heterocycles. The number of likely N-dealkylation sites (tertiary alicyclic amines) is 1. The highest BCUT2D eigenvalue weighted by Gasteiger charge is 2.33. The number of rotatable bonds is 5. The zero-order valence-corrected chi connectivity index (χ0v) is 18.0. The predicted molar refractivity (Wildman–Crippen MR) is 114 cm³/mol. The van der Waals surface area contributed by atoms with Gasteiger partial charge in [0.1, 0.15) is 11.6 Å². The van der Waals surface area contributed by atoms with Crippen LogP contribution in [-0.4, -0.2) is 51.9 Å². The SMILES string of the molecule is COc1ccc(CC(=O)N2CCCC2c2nc3c(c(=O)[nH]2)CN(C(C)C)CC3)cc1. The molecule has 4 rings (SSSR count). The monoisotopic (exact) mass is 410 g/mol. The Kier molecular flexibility index (Phi) is 5.90. The molecule has 30 heavy (non-hydrogen) atoms. The van der Waals surface area contributed by atoms with Gasteiger partial charge in [-0.3, -0.25) is 14.5 Å². The highest BCUT2D eigenvalue weighted by Crippen LogP contribution is 2.31. The lowest BCUT2D eigenvalue weighted by molar-refractivity contribution is -0.131. The van der Waals surface area contributed by atoms with Gasteiger partial charge in [0.2, 0.25) is 5.91 Å². The Morgan fingerprint density at radius 3 is 2.73 bits per heavy atom. The van der Waals surface area contributed by atoms with E-state index in [9.17, 15) is 9.59 Å². The standard InChI is InChI=1S/C23H30N4O3/c1-15(2)26-12-10-19-18(14-26)23(29)25-22(24-19)20-5-4-11-27(20)21(28)13-16-6-8-17(30-3)9-7-16/h6-9,15,20H,4-5,10-14H2,1-3H3,(H,24,25,29). The Hall–Kier alpha value is -2.67. The molecule has 0 bridgehead atoms. The molecule has 0 spiro atoms. The predicted octanol–water partition coefficient (Wildman–Crippen LogP) is 2.45. The van der Waals surface area contributed by atoms with Crippen molar-refractivity contribution in [3.63, 3.8) is 0 Å². The van der Waals surface area contributed by atoms with Crippen LogP contribution in [0.3, 0.4) is 0 Å². The van der Waals surface area contributed by atoms with Crippen molar-refractivity contribution >= 4 is 5.91 Å². The van der Waals surface area contributed by atoms with E-state index < -0.39 is 0 Å². The Morgan fingerprint density at radius 2 is 2.03 bits per heavy atom. The van der Waals surface area contributed by atoms with Crippen molar-refractivity contribution in [3.8, 4) is 5.75 Å². The number of hydrogen-bond donors (Lipinski definition) is 1. The minimum Gasteiger partial charge on any atom is -0.497 e. The molecule has 160 valence electrons. The van der Waals surface area contributed by atoms with Gasteiger partial charge >= 0.3 is 0 Å². The van der Waals surface area contributed by atoms with Crippen molar-refractivity contribution in [2.45, 2.75) is 58.2 Å². The topological polar surface area (TPSA) is 78.5 Å². The molecule has 7 nitrogen and oxygen atoms in total. The third kappa shape index (κ3) is 4.12. The number of aromatic nitrogens is 2. The third-order valence-corrected chi connectivity index (χ3v) is 6.25. The zero-order chi connectivity index (χ0) is 21.3. The van der Waals surface area contributed by atoms with Crippen LogP contribution in [-0.2, 0) is 24.2 Å². The average molecular weight is 411 g/mol. The van der Waals surface area contributed by atoms with Gasteiger partial charge in [-0.2, -0.15) is 0 Å². The maximum atomic E-state index is 13.0. The van der Waals surface area contributed by atoms with Crippen LogP contribution in [0.2, 0.25) is 0 Å². The first kappa shape index (κ1) is 20.6. The van der Waals surface area contributed by atoms with Crippen LogP contribution in [0.25, 0.3) is 0 Å². The number of nitrogens with one attached hydrogen (secondary N) is 1. The number of amides is 1. The summed E-state index contributed by atoms with van der Waals surface area (Å²) in [4.78, 5) is 37.8. The quantitative estimate of drug-likeness (QED) is 0.819. The summed E-state index contributed by atoms with van der Waals surface area (Å²) in [5, 5.41) is 0. The van der Waals surface area contributed by atoms with Crippen molar-refractivity contribution in [2.75, 3.05) is 20.2 Å². The minimum absolute atomic E-state index is 0.0604. The van der Waals surface area contributed by atoms with Gasteiger partial charge in [-0.1, -0.05) is 12.1 Å². The number of carbonyl (C=O) groups is 1. The van der Waals surface area contributed by atoms with E-state index in [1.54, 1.807) is 7.11 Å². The molecule has 0 radical (unpaired) electrons. The van der Waals surface area contributed by atoms with Gasteiger partial charge in [-0.05, 0) is 44.4 Å². The number of aromatic amines is 1.